The normalized spacial score (nSPS) is 9.17. The van der Waals surface area contributed by atoms with E-state index in [-0.39, 0.29) is 11.8 Å². The molecule has 7 nitrogen and oxygen atoms in total. The predicted molar refractivity (Wildman–Crippen MR) is 94.1 cm³/mol. The molecule has 23 heavy (non-hydrogen) atoms. The Labute approximate surface area is 140 Å². The topological polar surface area (TPSA) is 98.9 Å². The summed E-state index contributed by atoms with van der Waals surface area (Å²) in [6.07, 6.45) is 3.91. The number of amides is 2. The van der Waals surface area contributed by atoms with Gasteiger partial charge in [0.2, 0.25) is 11.8 Å². The van der Waals surface area contributed by atoms with Crippen molar-refractivity contribution >= 4 is 11.8 Å². The minimum Gasteiger partial charge on any atom is -0.354 e. The van der Waals surface area contributed by atoms with Crippen molar-refractivity contribution < 1.29 is 9.59 Å². The molecule has 0 aromatic carbocycles. The van der Waals surface area contributed by atoms with Crippen molar-refractivity contribution in [3.8, 4) is 0 Å². The average molecular weight is 327 g/mol. The number of aromatic amines is 1. The molecule has 1 heterocycles. The lowest BCUT2D eigenvalue weighted by Gasteiger charge is -2.09. The van der Waals surface area contributed by atoms with Gasteiger partial charge in [-0.15, -0.1) is 0 Å². The fraction of sp³-hybridized carbons (Fsp3) is 0.688. The highest BCUT2D eigenvalue weighted by Gasteiger charge is 2.01. The van der Waals surface area contributed by atoms with E-state index in [1.165, 1.54) is 0 Å². The zero-order chi connectivity index (χ0) is 18.1. The van der Waals surface area contributed by atoms with E-state index in [1.807, 2.05) is 34.6 Å². The number of hydrogen-bond acceptors (Lipinski definition) is 4. The summed E-state index contributed by atoms with van der Waals surface area (Å²) in [5.41, 5.74) is 1.11. The van der Waals surface area contributed by atoms with Crippen LogP contribution in [0.4, 0.5) is 0 Å². The van der Waals surface area contributed by atoms with E-state index < -0.39 is 0 Å². The van der Waals surface area contributed by atoms with E-state index in [1.54, 1.807) is 19.4 Å². The van der Waals surface area contributed by atoms with Gasteiger partial charge in [0.1, 0.15) is 0 Å². The standard InChI is InChI=1S/C10H21N3O2.C4H6N2.C2H6/c1-4-9(14)11-5-6-12-10(15)7-13-8(2)3;1-4-2-5-3-6-4;1-2/h8,13H,4-7H2,1-3H3,(H,11,14)(H,12,15);2-3H,1H3,(H,5,6);1-2H3. The molecule has 7 heteroatoms. The van der Waals surface area contributed by atoms with Gasteiger partial charge in [-0.05, 0) is 6.92 Å². The number of rotatable bonds is 7. The van der Waals surface area contributed by atoms with E-state index in [4.69, 9.17) is 0 Å². The molecule has 0 radical (unpaired) electrons. The second kappa shape index (κ2) is 16.5. The van der Waals surface area contributed by atoms with Gasteiger partial charge in [0.15, 0.2) is 0 Å². The third-order valence-corrected chi connectivity index (χ3v) is 2.40. The van der Waals surface area contributed by atoms with Crippen LogP contribution < -0.4 is 16.0 Å². The van der Waals surface area contributed by atoms with Crippen LogP contribution in [0.15, 0.2) is 12.5 Å². The van der Waals surface area contributed by atoms with Gasteiger partial charge in [-0.1, -0.05) is 34.6 Å². The zero-order valence-corrected chi connectivity index (χ0v) is 15.3. The lowest BCUT2D eigenvalue weighted by atomic mass is 10.4. The first kappa shape index (κ1) is 23.4. The molecule has 0 saturated carbocycles. The summed E-state index contributed by atoms with van der Waals surface area (Å²) in [7, 11) is 0. The van der Waals surface area contributed by atoms with Crippen molar-refractivity contribution in [2.45, 2.75) is 54.0 Å². The molecule has 0 bridgehead atoms. The molecular weight excluding hydrogens is 294 g/mol. The fourth-order valence-corrected chi connectivity index (χ4v) is 1.21. The lowest BCUT2D eigenvalue weighted by Crippen LogP contribution is -2.40. The third kappa shape index (κ3) is 18.1. The maximum atomic E-state index is 11.2. The predicted octanol–water partition coefficient (Wildman–Crippen LogP) is 1.37. The minimum atomic E-state index is -0.0468. The van der Waals surface area contributed by atoms with Crippen molar-refractivity contribution in [3.05, 3.63) is 18.2 Å². The maximum absolute atomic E-state index is 11.2. The second-order valence-corrected chi connectivity index (χ2v) is 4.82. The van der Waals surface area contributed by atoms with Crippen LogP contribution in [0.2, 0.25) is 0 Å². The number of aryl methyl sites for hydroxylation is 1. The van der Waals surface area contributed by atoms with Crippen LogP contribution in [-0.4, -0.2) is 47.5 Å². The lowest BCUT2D eigenvalue weighted by molar-refractivity contribution is -0.122. The van der Waals surface area contributed by atoms with Crippen molar-refractivity contribution in [1.29, 1.82) is 0 Å². The first-order valence-electron chi connectivity index (χ1n) is 8.17. The molecule has 0 aliphatic rings. The molecule has 0 atom stereocenters. The van der Waals surface area contributed by atoms with Crippen LogP contribution in [0.3, 0.4) is 0 Å². The molecule has 134 valence electrons. The van der Waals surface area contributed by atoms with Crippen molar-refractivity contribution in [2.24, 2.45) is 0 Å². The number of nitrogens with zero attached hydrogens (tertiary/aromatic N) is 1. The monoisotopic (exact) mass is 327 g/mol. The Morgan fingerprint density at radius 3 is 2.09 bits per heavy atom. The van der Waals surface area contributed by atoms with Crippen LogP contribution in [0.25, 0.3) is 0 Å². The SMILES string of the molecule is CC.CCC(=O)NCCNC(=O)CNC(C)C.Cc1cnc[nH]1. The molecule has 1 rings (SSSR count). The molecule has 4 N–H and O–H groups in total. The fourth-order valence-electron chi connectivity index (χ4n) is 1.21. The number of carbonyl (C=O) groups excluding carboxylic acids is 2. The smallest absolute Gasteiger partial charge is 0.234 e. The Morgan fingerprint density at radius 1 is 1.17 bits per heavy atom. The minimum absolute atomic E-state index is 0.00422. The molecule has 0 aliphatic carbocycles. The van der Waals surface area contributed by atoms with E-state index >= 15 is 0 Å². The van der Waals surface area contributed by atoms with Gasteiger partial charge in [0.05, 0.1) is 12.9 Å². The van der Waals surface area contributed by atoms with E-state index in [2.05, 4.69) is 25.9 Å². The first-order valence-corrected chi connectivity index (χ1v) is 8.17. The Bertz CT molecular complexity index is 391. The third-order valence-electron chi connectivity index (χ3n) is 2.40. The summed E-state index contributed by atoms with van der Waals surface area (Å²) in [5.74, 6) is -0.0426. The van der Waals surface area contributed by atoms with Gasteiger partial charge in [0, 0.05) is 37.4 Å². The zero-order valence-electron chi connectivity index (χ0n) is 15.3. The molecule has 0 saturated heterocycles. The number of nitrogens with one attached hydrogen (secondary N) is 4. The number of H-pyrrole nitrogens is 1. The van der Waals surface area contributed by atoms with Crippen molar-refractivity contribution in [2.75, 3.05) is 19.6 Å². The van der Waals surface area contributed by atoms with Crippen molar-refractivity contribution in [1.82, 2.24) is 25.9 Å². The van der Waals surface area contributed by atoms with Gasteiger partial charge in [-0.25, -0.2) is 4.98 Å². The second-order valence-electron chi connectivity index (χ2n) is 4.82. The Kier molecular flexibility index (Phi) is 16.8. The Hall–Kier alpha value is -1.89. The number of imidazole rings is 1. The Morgan fingerprint density at radius 2 is 1.74 bits per heavy atom. The molecule has 2 amide bonds. The summed E-state index contributed by atoms with van der Waals surface area (Å²) >= 11 is 0. The summed E-state index contributed by atoms with van der Waals surface area (Å²) in [4.78, 5) is 28.7. The van der Waals surface area contributed by atoms with Gasteiger partial charge >= 0.3 is 0 Å². The molecule has 1 aromatic rings. The van der Waals surface area contributed by atoms with Crippen LogP contribution in [-0.2, 0) is 9.59 Å². The van der Waals surface area contributed by atoms with Crippen LogP contribution in [0.5, 0.6) is 0 Å². The summed E-state index contributed by atoms with van der Waals surface area (Å²) in [6.45, 7) is 13.0. The number of aromatic nitrogens is 2. The molecule has 0 aliphatic heterocycles. The number of carbonyl (C=O) groups is 2. The quantitative estimate of drug-likeness (QED) is 0.568. The highest BCUT2D eigenvalue weighted by atomic mass is 16.2. The summed E-state index contributed by atoms with van der Waals surface area (Å²) in [6, 6.07) is 0.301. The highest BCUT2D eigenvalue weighted by molar-refractivity contribution is 5.78. The summed E-state index contributed by atoms with van der Waals surface area (Å²) in [5, 5.41) is 8.39. The van der Waals surface area contributed by atoms with Gasteiger partial charge < -0.3 is 20.9 Å². The van der Waals surface area contributed by atoms with Crippen LogP contribution in [0, 0.1) is 6.92 Å². The maximum Gasteiger partial charge on any atom is 0.234 e. The molecule has 0 spiro atoms. The highest BCUT2D eigenvalue weighted by Crippen LogP contribution is 1.81. The van der Waals surface area contributed by atoms with Gasteiger partial charge in [-0.2, -0.15) is 0 Å². The van der Waals surface area contributed by atoms with Crippen molar-refractivity contribution in [3.63, 3.8) is 0 Å². The first-order chi connectivity index (χ1) is 11.0. The average Bonchev–Trinajstić information content (AvgIpc) is 3.02. The number of hydrogen-bond donors (Lipinski definition) is 4. The van der Waals surface area contributed by atoms with E-state index in [0.29, 0.717) is 32.1 Å². The van der Waals surface area contributed by atoms with Crippen LogP contribution >= 0.6 is 0 Å². The van der Waals surface area contributed by atoms with E-state index in [9.17, 15) is 9.59 Å². The molecule has 1 aromatic heterocycles. The van der Waals surface area contributed by atoms with Gasteiger partial charge in [0.25, 0.3) is 0 Å². The Balaban J connectivity index is 0. The molecular formula is C16H33N5O2. The van der Waals surface area contributed by atoms with Gasteiger partial charge in [-0.3, -0.25) is 9.59 Å². The van der Waals surface area contributed by atoms with E-state index in [0.717, 1.165) is 5.69 Å². The summed E-state index contributed by atoms with van der Waals surface area (Å²) < 4.78 is 0. The molecule has 0 unspecified atom stereocenters. The van der Waals surface area contributed by atoms with Crippen LogP contribution in [0.1, 0.15) is 46.7 Å². The molecule has 0 fully saturated rings. The largest absolute Gasteiger partial charge is 0.354 e.